The Kier molecular flexibility index (Phi) is 2.60. The Balaban J connectivity index is 2.10. The molecule has 0 fully saturated rings. The van der Waals surface area contributed by atoms with E-state index < -0.39 is 0 Å². The van der Waals surface area contributed by atoms with Crippen molar-refractivity contribution in [1.29, 1.82) is 0 Å². The smallest absolute Gasteiger partial charge is 0.114 e. The van der Waals surface area contributed by atoms with E-state index in [-0.39, 0.29) is 0 Å². The van der Waals surface area contributed by atoms with Crippen LogP contribution in [0.4, 0.5) is 0 Å². The van der Waals surface area contributed by atoms with Crippen molar-refractivity contribution in [3.8, 4) is 0 Å². The van der Waals surface area contributed by atoms with Crippen LogP contribution < -0.4 is 5.73 Å². The molecule has 0 aromatic carbocycles. The van der Waals surface area contributed by atoms with Gasteiger partial charge in [-0.05, 0) is 6.92 Å². The van der Waals surface area contributed by atoms with Gasteiger partial charge in [0.15, 0.2) is 0 Å². The molecule has 14 heavy (non-hydrogen) atoms. The third kappa shape index (κ3) is 2.00. The molecule has 0 saturated carbocycles. The zero-order valence-electron chi connectivity index (χ0n) is 7.97. The first kappa shape index (κ1) is 9.36. The Labute approximate surface area is 86.4 Å². The quantitative estimate of drug-likeness (QED) is 0.823. The maximum atomic E-state index is 5.49. The number of rotatable bonds is 3. The van der Waals surface area contributed by atoms with Crippen molar-refractivity contribution in [3.63, 3.8) is 0 Å². The van der Waals surface area contributed by atoms with Crippen molar-refractivity contribution >= 4 is 11.3 Å². The van der Waals surface area contributed by atoms with Crippen molar-refractivity contribution in [1.82, 2.24) is 14.8 Å². The van der Waals surface area contributed by atoms with E-state index in [4.69, 9.17) is 5.73 Å². The number of nitrogens with two attached hydrogens (primary N) is 1. The lowest BCUT2D eigenvalue weighted by atomic mass is 10.4. The number of aromatic nitrogens is 3. The van der Waals surface area contributed by atoms with E-state index in [9.17, 15) is 0 Å². The molecule has 2 N–H and O–H groups in total. The predicted octanol–water partition coefficient (Wildman–Crippen LogP) is 1.16. The minimum atomic E-state index is 0.539. The summed E-state index contributed by atoms with van der Waals surface area (Å²) in [4.78, 5) is 4.37. The van der Waals surface area contributed by atoms with Crippen LogP contribution in [0.15, 0.2) is 17.8 Å². The minimum Gasteiger partial charge on any atom is -0.326 e. The molecule has 74 valence electrons. The highest BCUT2D eigenvalue weighted by atomic mass is 32.1. The molecule has 0 aliphatic carbocycles. The van der Waals surface area contributed by atoms with Crippen molar-refractivity contribution in [3.05, 3.63) is 34.0 Å². The Morgan fingerprint density at radius 3 is 3.00 bits per heavy atom. The van der Waals surface area contributed by atoms with Crippen molar-refractivity contribution in [2.75, 3.05) is 0 Å². The maximum absolute atomic E-state index is 5.49. The van der Waals surface area contributed by atoms with E-state index in [1.54, 1.807) is 17.5 Å². The Morgan fingerprint density at radius 1 is 1.57 bits per heavy atom. The second-order valence-electron chi connectivity index (χ2n) is 3.13. The largest absolute Gasteiger partial charge is 0.326 e. The topological polar surface area (TPSA) is 56.7 Å². The zero-order valence-corrected chi connectivity index (χ0v) is 8.79. The molecule has 2 rings (SSSR count). The second kappa shape index (κ2) is 3.89. The van der Waals surface area contributed by atoms with Gasteiger partial charge in [0, 0.05) is 29.4 Å². The first-order valence-electron chi connectivity index (χ1n) is 4.40. The molecule has 0 saturated heterocycles. The van der Waals surface area contributed by atoms with Gasteiger partial charge in [-0.25, -0.2) is 4.98 Å². The van der Waals surface area contributed by atoms with Gasteiger partial charge in [-0.1, -0.05) is 0 Å². The molecule has 0 amide bonds. The molecule has 5 heteroatoms. The van der Waals surface area contributed by atoms with E-state index in [1.807, 2.05) is 23.2 Å². The standard InChI is InChI=1S/C9H12N4S/c1-7-6-14-9(12-7)5-13-4-8(2-10)3-11-13/h3-4,6H,2,5,10H2,1H3. The molecule has 0 aliphatic heterocycles. The van der Waals surface area contributed by atoms with Crippen LogP contribution in [-0.4, -0.2) is 14.8 Å². The van der Waals surface area contributed by atoms with Gasteiger partial charge < -0.3 is 5.73 Å². The van der Waals surface area contributed by atoms with Crippen LogP contribution >= 0.6 is 11.3 Å². The third-order valence-electron chi connectivity index (χ3n) is 1.89. The summed E-state index contributed by atoms with van der Waals surface area (Å²) in [6.45, 7) is 3.27. The second-order valence-corrected chi connectivity index (χ2v) is 4.08. The monoisotopic (exact) mass is 208 g/mol. The molecule has 0 aliphatic rings. The fraction of sp³-hybridized carbons (Fsp3) is 0.333. The van der Waals surface area contributed by atoms with Crippen LogP contribution in [-0.2, 0) is 13.1 Å². The lowest BCUT2D eigenvalue weighted by molar-refractivity contribution is 0.681. The van der Waals surface area contributed by atoms with E-state index in [0.29, 0.717) is 6.54 Å². The van der Waals surface area contributed by atoms with Crippen LogP contribution in [0, 0.1) is 6.92 Å². The number of hydrogen-bond donors (Lipinski definition) is 1. The molecule has 2 heterocycles. The van der Waals surface area contributed by atoms with Crippen LogP contribution in [0.5, 0.6) is 0 Å². The van der Waals surface area contributed by atoms with Gasteiger partial charge in [-0.2, -0.15) is 5.10 Å². The van der Waals surface area contributed by atoms with Crippen molar-refractivity contribution < 1.29 is 0 Å². The Hall–Kier alpha value is -1.20. The average Bonchev–Trinajstić information content (AvgIpc) is 2.76. The molecule has 4 nitrogen and oxygen atoms in total. The Bertz CT molecular complexity index is 418. The number of thiazole rings is 1. The van der Waals surface area contributed by atoms with Gasteiger partial charge in [-0.3, -0.25) is 4.68 Å². The zero-order chi connectivity index (χ0) is 9.97. The summed E-state index contributed by atoms with van der Waals surface area (Å²) < 4.78 is 1.86. The molecule has 0 atom stereocenters. The molecule has 0 spiro atoms. The highest BCUT2D eigenvalue weighted by molar-refractivity contribution is 7.09. The molecule has 0 unspecified atom stereocenters. The van der Waals surface area contributed by atoms with E-state index in [1.165, 1.54) is 0 Å². The third-order valence-corrected chi connectivity index (χ3v) is 2.84. The number of hydrogen-bond acceptors (Lipinski definition) is 4. The molecule has 2 aromatic rings. The summed E-state index contributed by atoms with van der Waals surface area (Å²) in [6.07, 6.45) is 3.75. The summed E-state index contributed by atoms with van der Waals surface area (Å²) in [6, 6.07) is 0. The first-order chi connectivity index (χ1) is 6.78. The van der Waals surface area contributed by atoms with Crippen molar-refractivity contribution in [2.45, 2.75) is 20.0 Å². The van der Waals surface area contributed by atoms with E-state index in [2.05, 4.69) is 10.1 Å². The Morgan fingerprint density at radius 2 is 2.43 bits per heavy atom. The highest BCUT2D eigenvalue weighted by Gasteiger charge is 2.01. The summed E-state index contributed by atoms with van der Waals surface area (Å²) in [5, 5.41) is 7.32. The van der Waals surface area contributed by atoms with Crippen LogP contribution in [0.1, 0.15) is 16.3 Å². The minimum absolute atomic E-state index is 0.539. The van der Waals surface area contributed by atoms with Crippen LogP contribution in [0.2, 0.25) is 0 Å². The van der Waals surface area contributed by atoms with Crippen molar-refractivity contribution in [2.24, 2.45) is 5.73 Å². The first-order valence-corrected chi connectivity index (χ1v) is 5.28. The van der Waals surface area contributed by atoms with Gasteiger partial charge in [0.25, 0.3) is 0 Å². The van der Waals surface area contributed by atoms with Crippen LogP contribution in [0.25, 0.3) is 0 Å². The van der Waals surface area contributed by atoms with Gasteiger partial charge in [0.1, 0.15) is 5.01 Å². The SMILES string of the molecule is Cc1csc(Cn2cc(CN)cn2)n1. The van der Waals surface area contributed by atoms with Gasteiger partial charge >= 0.3 is 0 Å². The van der Waals surface area contributed by atoms with E-state index in [0.717, 1.165) is 22.8 Å². The fourth-order valence-corrected chi connectivity index (χ4v) is 1.97. The normalized spacial score (nSPS) is 10.7. The van der Waals surface area contributed by atoms with Gasteiger partial charge in [-0.15, -0.1) is 11.3 Å². The predicted molar refractivity (Wildman–Crippen MR) is 56.1 cm³/mol. The molecular formula is C9H12N4S. The average molecular weight is 208 g/mol. The fourth-order valence-electron chi connectivity index (χ4n) is 1.21. The lowest BCUT2D eigenvalue weighted by Gasteiger charge is -1.95. The van der Waals surface area contributed by atoms with E-state index >= 15 is 0 Å². The maximum Gasteiger partial charge on any atom is 0.114 e. The summed E-state index contributed by atoms with van der Waals surface area (Å²) in [5.74, 6) is 0. The number of nitrogens with zero attached hydrogens (tertiary/aromatic N) is 3. The highest BCUT2D eigenvalue weighted by Crippen LogP contribution is 2.10. The van der Waals surface area contributed by atoms with Gasteiger partial charge in [0.2, 0.25) is 0 Å². The molecule has 2 aromatic heterocycles. The summed E-state index contributed by atoms with van der Waals surface area (Å²) in [5.41, 5.74) is 7.61. The van der Waals surface area contributed by atoms with Gasteiger partial charge in [0.05, 0.1) is 12.7 Å². The molecular weight excluding hydrogens is 196 g/mol. The number of aryl methyl sites for hydroxylation is 1. The molecule has 0 bridgehead atoms. The lowest BCUT2D eigenvalue weighted by Crippen LogP contribution is -1.99. The molecule has 0 radical (unpaired) electrons. The summed E-state index contributed by atoms with van der Waals surface area (Å²) in [7, 11) is 0. The summed E-state index contributed by atoms with van der Waals surface area (Å²) >= 11 is 1.66. The van der Waals surface area contributed by atoms with Crippen LogP contribution in [0.3, 0.4) is 0 Å².